The maximum atomic E-state index is 13.6. The number of benzene rings is 1. The van der Waals surface area contributed by atoms with Crippen LogP contribution in [-0.2, 0) is 42.9 Å². The van der Waals surface area contributed by atoms with Gasteiger partial charge in [0.2, 0.25) is 0 Å². The Labute approximate surface area is 277 Å². The highest BCUT2D eigenvalue weighted by molar-refractivity contribution is 5.97. The summed E-state index contributed by atoms with van der Waals surface area (Å²) in [5.41, 5.74) is 0.679. The normalized spacial score (nSPS) is 30.8. The lowest BCUT2D eigenvalue weighted by atomic mass is 9.49. The predicted molar refractivity (Wildman–Crippen MR) is 173 cm³/mol. The molecule has 1 aromatic rings. The van der Waals surface area contributed by atoms with Gasteiger partial charge in [0.05, 0.1) is 14.1 Å². The fourth-order valence-electron chi connectivity index (χ4n) is 8.46. The van der Waals surface area contributed by atoms with Crippen LogP contribution < -0.4 is 4.90 Å². The fraction of sp³-hybridized carbons (Fsp3) is 0.595. The van der Waals surface area contributed by atoms with Crippen molar-refractivity contribution in [2.24, 2.45) is 22.7 Å². The summed E-state index contributed by atoms with van der Waals surface area (Å²) in [5.74, 6) is -3.55. The van der Waals surface area contributed by atoms with Crippen LogP contribution in [0.2, 0.25) is 0 Å². The maximum Gasteiger partial charge on any atom is 0.312 e. The Hall–Kier alpha value is -3.79. The van der Waals surface area contributed by atoms with Crippen LogP contribution >= 0.6 is 0 Å². The first-order chi connectivity index (χ1) is 21.9. The Kier molecular flexibility index (Phi) is 10.5. The second kappa shape index (κ2) is 13.7. The molecule has 8 atom stereocenters. The number of ketones is 1. The van der Waals surface area contributed by atoms with Crippen molar-refractivity contribution >= 4 is 29.7 Å². The van der Waals surface area contributed by atoms with Crippen LogP contribution in [0.5, 0.6) is 0 Å². The number of ether oxygens (including phenoxy) is 4. The number of rotatable bonds is 8. The Morgan fingerprint density at radius 1 is 0.936 bits per heavy atom. The summed E-state index contributed by atoms with van der Waals surface area (Å²) >= 11 is 0. The molecule has 0 aromatic heterocycles. The molecule has 10 nitrogen and oxygen atoms in total. The highest BCUT2D eigenvalue weighted by Crippen LogP contribution is 2.60. The van der Waals surface area contributed by atoms with E-state index in [1.165, 1.54) is 20.8 Å². The van der Waals surface area contributed by atoms with E-state index in [-0.39, 0.29) is 24.7 Å². The lowest BCUT2D eigenvalue weighted by molar-refractivity contribution is -0.891. The second-order valence-electron chi connectivity index (χ2n) is 14.4. The summed E-state index contributed by atoms with van der Waals surface area (Å²) in [6.07, 6.45) is -2.82. The standard InChI is InChI=1S/C37H49NO9/c1-20-28(42)18-26-33(44-22(3)39)32-21(2)29(47-30(43)19-27(38(9)10)25-14-12-11-13-15-25)16-17-37(32,8)35(46-24(5)41)34(45-23(4)40)31(20)36(26,6)7/h11-15,26-27,29,32-35H,2,16-19H2,1,3-10H3/p+1/t26-,27+,29-,32-,33+,34+,35-,37+/m0/s1. The number of Topliss-reactive ketones (excluding diaryl/α,β-unsaturated/α-hetero) is 1. The van der Waals surface area contributed by atoms with E-state index in [9.17, 15) is 24.0 Å². The molecule has 10 heteroatoms. The van der Waals surface area contributed by atoms with Crippen LogP contribution in [0.15, 0.2) is 53.6 Å². The zero-order valence-electron chi connectivity index (χ0n) is 29.1. The molecule has 256 valence electrons. The van der Waals surface area contributed by atoms with E-state index in [0.29, 0.717) is 29.6 Å². The number of nitrogens with one attached hydrogen (secondary N) is 1. The minimum atomic E-state index is -1.08. The molecule has 0 saturated heterocycles. The van der Waals surface area contributed by atoms with Crippen LogP contribution in [0.4, 0.5) is 0 Å². The van der Waals surface area contributed by atoms with E-state index in [0.717, 1.165) is 10.5 Å². The van der Waals surface area contributed by atoms with Crippen LogP contribution in [-0.4, -0.2) is 68.2 Å². The van der Waals surface area contributed by atoms with E-state index in [1.54, 1.807) is 6.92 Å². The number of hydrogen-bond acceptors (Lipinski definition) is 9. The molecule has 0 radical (unpaired) electrons. The zero-order valence-corrected chi connectivity index (χ0v) is 29.1. The average Bonchev–Trinajstić information content (AvgIpc) is 2.96. The average molecular weight is 653 g/mol. The molecule has 0 heterocycles. The molecule has 1 N–H and O–H groups in total. The van der Waals surface area contributed by atoms with E-state index in [4.69, 9.17) is 18.9 Å². The minimum Gasteiger partial charge on any atom is -0.462 e. The van der Waals surface area contributed by atoms with Gasteiger partial charge in [-0.1, -0.05) is 57.7 Å². The van der Waals surface area contributed by atoms with E-state index in [2.05, 4.69) is 6.58 Å². The molecule has 3 aliphatic carbocycles. The van der Waals surface area contributed by atoms with E-state index < -0.39 is 71.0 Å². The summed E-state index contributed by atoms with van der Waals surface area (Å²) in [5, 5.41) is 0. The molecule has 0 spiro atoms. The summed E-state index contributed by atoms with van der Waals surface area (Å²) in [6, 6.07) is 9.64. The third-order valence-electron chi connectivity index (χ3n) is 10.7. The van der Waals surface area contributed by atoms with Crippen molar-refractivity contribution in [3.05, 3.63) is 59.2 Å². The fourth-order valence-corrected chi connectivity index (χ4v) is 8.46. The van der Waals surface area contributed by atoms with E-state index >= 15 is 0 Å². The Balaban J connectivity index is 1.83. The van der Waals surface area contributed by atoms with Crippen molar-refractivity contribution in [2.75, 3.05) is 14.1 Å². The first-order valence-electron chi connectivity index (χ1n) is 16.4. The Bertz CT molecular complexity index is 1460. The summed E-state index contributed by atoms with van der Waals surface area (Å²) in [4.78, 5) is 66.4. The smallest absolute Gasteiger partial charge is 0.312 e. The number of quaternary nitrogens is 1. The Morgan fingerprint density at radius 2 is 1.53 bits per heavy atom. The molecule has 2 bridgehead atoms. The van der Waals surface area contributed by atoms with Crippen LogP contribution in [0, 0.1) is 22.7 Å². The van der Waals surface area contributed by atoms with Crippen molar-refractivity contribution in [2.45, 2.75) is 105 Å². The van der Waals surface area contributed by atoms with Crippen molar-refractivity contribution in [1.29, 1.82) is 0 Å². The van der Waals surface area contributed by atoms with Gasteiger partial charge in [0.15, 0.2) is 11.9 Å². The van der Waals surface area contributed by atoms with Crippen LogP contribution in [0.25, 0.3) is 0 Å². The van der Waals surface area contributed by atoms with Gasteiger partial charge in [-0.05, 0) is 41.9 Å². The number of allylic oxidation sites excluding steroid dienone is 1. The molecule has 3 aliphatic rings. The second-order valence-corrected chi connectivity index (χ2v) is 14.4. The largest absolute Gasteiger partial charge is 0.462 e. The van der Waals surface area contributed by atoms with Gasteiger partial charge in [-0.15, -0.1) is 0 Å². The quantitative estimate of drug-likeness (QED) is 0.253. The number of fused-ring (bicyclic) bond motifs is 3. The lowest BCUT2D eigenvalue weighted by Gasteiger charge is -2.59. The first kappa shape index (κ1) is 36.1. The van der Waals surface area contributed by atoms with Gasteiger partial charge in [0.1, 0.15) is 30.8 Å². The third kappa shape index (κ3) is 7.08. The maximum absolute atomic E-state index is 13.6. The van der Waals surface area contributed by atoms with Gasteiger partial charge >= 0.3 is 23.9 Å². The Morgan fingerprint density at radius 3 is 2.09 bits per heavy atom. The number of esters is 4. The number of hydrogen-bond donors (Lipinski definition) is 1. The third-order valence-corrected chi connectivity index (χ3v) is 10.7. The number of carbonyl (C=O) groups excluding carboxylic acids is 5. The van der Waals surface area contributed by atoms with Crippen molar-refractivity contribution in [1.82, 2.24) is 0 Å². The summed E-state index contributed by atoms with van der Waals surface area (Å²) in [7, 11) is 3.97. The highest BCUT2D eigenvalue weighted by Gasteiger charge is 2.64. The van der Waals surface area contributed by atoms with Gasteiger partial charge in [-0.3, -0.25) is 24.0 Å². The van der Waals surface area contributed by atoms with Gasteiger partial charge in [0, 0.05) is 50.0 Å². The lowest BCUT2D eigenvalue weighted by Crippen LogP contribution is -3.06. The van der Waals surface area contributed by atoms with Gasteiger partial charge < -0.3 is 23.8 Å². The van der Waals surface area contributed by atoms with Crippen molar-refractivity contribution in [3.8, 4) is 0 Å². The predicted octanol–water partition coefficient (Wildman–Crippen LogP) is 3.89. The van der Waals surface area contributed by atoms with Crippen molar-refractivity contribution in [3.63, 3.8) is 0 Å². The molecule has 2 saturated carbocycles. The molecule has 0 unspecified atom stereocenters. The van der Waals surface area contributed by atoms with Crippen LogP contribution in [0.1, 0.15) is 85.8 Å². The zero-order chi connectivity index (χ0) is 35.0. The summed E-state index contributed by atoms with van der Waals surface area (Å²) < 4.78 is 24.4. The molecule has 4 rings (SSSR count). The first-order valence-corrected chi connectivity index (χ1v) is 16.4. The molecule has 2 fully saturated rings. The van der Waals surface area contributed by atoms with Crippen LogP contribution in [0.3, 0.4) is 0 Å². The van der Waals surface area contributed by atoms with Gasteiger partial charge in [-0.2, -0.15) is 0 Å². The molecule has 1 aromatic carbocycles. The van der Waals surface area contributed by atoms with Crippen molar-refractivity contribution < 1.29 is 47.8 Å². The van der Waals surface area contributed by atoms with E-state index in [1.807, 2.05) is 65.2 Å². The topological polar surface area (TPSA) is 127 Å². The highest BCUT2D eigenvalue weighted by atomic mass is 16.6. The van der Waals surface area contributed by atoms with Gasteiger partial charge in [-0.25, -0.2) is 0 Å². The molecule has 0 amide bonds. The minimum absolute atomic E-state index is 0.0833. The van der Waals surface area contributed by atoms with Gasteiger partial charge in [0.25, 0.3) is 0 Å². The monoisotopic (exact) mass is 652 g/mol. The number of carbonyl (C=O) groups is 5. The molecular weight excluding hydrogens is 602 g/mol. The molecule has 0 aliphatic heterocycles. The summed E-state index contributed by atoms with van der Waals surface area (Å²) in [6.45, 7) is 15.8. The molecular formula is C37H50NO9+. The SMILES string of the molecule is C=C1[C@@H](OC(=O)C[C@H](c2ccccc2)[NH+](C)C)CC[C@@]2(C)[C@@H](OC(C)=O)[C@H](OC(C)=O)C3=C(C)C(=O)C[C@@H]([C@@H](OC(C)=O)[C@H]12)C3(C)C. The molecule has 47 heavy (non-hydrogen) atoms.